The molecule has 0 bridgehead atoms. The maximum atomic E-state index is 13.2. The van der Waals surface area contributed by atoms with E-state index in [4.69, 9.17) is 16.3 Å². The maximum absolute atomic E-state index is 13.2. The summed E-state index contributed by atoms with van der Waals surface area (Å²) in [5.41, 5.74) is 1.24. The van der Waals surface area contributed by atoms with Crippen LogP contribution in [0.4, 0.5) is 5.69 Å². The molecule has 2 aliphatic rings. The third kappa shape index (κ3) is 4.84. The van der Waals surface area contributed by atoms with Crippen LogP contribution in [0.1, 0.15) is 18.4 Å². The molecule has 164 valence electrons. The standard InChI is InChI=1S/C21H22ClN3O5S/c22-16-5-3-14(4-6-16)11-23-21(27)15-2-1-9-25(12-15)31(28,29)17-7-8-19-18(10-17)24-20(26)13-30-19/h3-8,10,15H,1-2,9,11-13H2,(H,23,27)(H,24,26)/t15-/m0/s1. The van der Waals surface area contributed by atoms with Crippen LogP contribution in [-0.4, -0.2) is 44.2 Å². The first kappa shape index (κ1) is 21.6. The fourth-order valence-electron chi connectivity index (χ4n) is 3.68. The van der Waals surface area contributed by atoms with Crippen molar-refractivity contribution in [2.45, 2.75) is 24.3 Å². The smallest absolute Gasteiger partial charge is 0.262 e. The highest BCUT2D eigenvalue weighted by Crippen LogP contribution is 2.32. The number of halogens is 1. The van der Waals surface area contributed by atoms with Crippen LogP contribution < -0.4 is 15.4 Å². The number of carbonyl (C=O) groups is 2. The fraction of sp³-hybridized carbons (Fsp3) is 0.333. The third-order valence-electron chi connectivity index (χ3n) is 5.36. The van der Waals surface area contributed by atoms with Crippen LogP contribution in [0.25, 0.3) is 0 Å². The lowest BCUT2D eigenvalue weighted by Gasteiger charge is -2.31. The SMILES string of the molecule is O=C1COc2ccc(S(=O)(=O)N3CCC[C@H](C(=O)NCc4ccc(Cl)cc4)C3)cc2N1. The summed E-state index contributed by atoms with van der Waals surface area (Å²) in [6, 6.07) is 11.6. The van der Waals surface area contributed by atoms with E-state index in [0.717, 1.165) is 5.56 Å². The van der Waals surface area contributed by atoms with E-state index < -0.39 is 15.9 Å². The molecule has 2 amide bonds. The lowest BCUT2D eigenvalue weighted by atomic mass is 9.99. The lowest BCUT2D eigenvalue weighted by Crippen LogP contribution is -2.45. The average Bonchev–Trinajstić information content (AvgIpc) is 2.78. The molecule has 2 N–H and O–H groups in total. The van der Waals surface area contributed by atoms with Gasteiger partial charge in [-0.3, -0.25) is 9.59 Å². The molecule has 2 aromatic carbocycles. The van der Waals surface area contributed by atoms with Crippen molar-refractivity contribution in [2.24, 2.45) is 5.92 Å². The van der Waals surface area contributed by atoms with Gasteiger partial charge in [-0.25, -0.2) is 8.42 Å². The van der Waals surface area contributed by atoms with Gasteiger partial charge in [0.25, 0.3) is 5.91 Å². The summed E-state index contributed by atoms with van der Waals surface area (Å²) in [6.45, 7) is 0.694. The van der Waals surface area contributed by atoms with Crippen LogP contribution in [0.2, 0.25) is 5.02 Å². The van der Waals surface area contributed by atoms with Gasteiger partial charge in [0.15, 0.2) is 6.61 Å². The van der Waals surface area contributed by atoms with Gasteiger partial charge in [-0.1, -0.05) is 23.7 Å². The molecule has 10 heteroatoms. The van der Waals surface area contributed by atoms with Crippen molar-refractivity contribution in [1.29, 1.82) is 0 Å². The number of carbonyl (C=O) groups excluding carboxylic acids is 2. The van der Waals surface area contributed by atoms with Crippen molar-refractivity contribution in [3.05, 3.63) is 53.1 Å². The number of ether oxygens (including phenoxy) is 1. The minimum absolute atomic E-state index is 0.0549. The lowest BCUT2D eigenvalue weighted by molar-refractivity contribution is -0.126. The quantitative estimate of drug-likeness (QED) is 0.708. The summed E-state index contributed by atoms with van der Waals surface area (Å²) in [4.78, 5) is 24.2. The van der Waals surface area contributed by atoms with Crippen LogP contribution in [0, 0.1) is 5.92 Å². The topological polar surface area (TPSA) is 105 Å². The zero-order chi connectivity index (χ0) is 22.0. The molecule has 1 fully saturated rings. The van der Waals surface area contributed by atoms with E-state index in [1.165, 1.54) is 22.5 Å². The van der Waals surface area contributed by atoms with Gasteiger partial charge in [-0.15, -0.1) is 0 Å². The molecule has 0 saturated carbocycles. The van der Waals surface area contributed by atoms with Crippen molar-refractivity contribution in [1.82, 2.24) is 9.62 Å². The van der Waals surface area contributed by atoms with Crippen molar-refractivity contribution in [3.8, 4) is 5.75 Å². The van der Waals surface area contributed by atoms with E-state index >= 15 is 0 Å². The second-order valence-electron chi connectivity index (χ2n) is 7.54. The zero-order valence-electron chi connectivity index (χ0n) is 16.6. The number of fused-ring (bicyclic) bond motifs is 1. The number of amides is 2. The molecule has 4 rings (SSSR count). The monoisotopic (exact) mass is 463 g/mol. The third-order valence-corrected chi connectivity index (χ3v) is 7.47. The molecule has 2 aromatic rings. The predicted octanol–water partition coefficient (Wildman–Crippen LogP) is 2.39. The van der Waals surface area contributed by atoms with Gasteiger partial charge < -0.3 is 15.4 Å². The molecular weight excluding hydrogens is 442 g/mol. The summed E-state index contributed by atoms with van der Waals surface area (Å²) >= 11 is 5.87. The van der Waals surface area contributed by atoms with E-state index in [-0.39, 0.29) is 29.9 Å². The van der Waals surface area contributed by atoms with Gasteiger partial charge >= 0.3 is 0 Å². The van der Waals surface area contributed by atoms with Crippen LogP contribution in [0.3, 0.4) is 0 Å². The highest BCUT2D eigenvalue weighted by atomic mass is 35.5. The number of hydrogen-bond donors (Lipinski definition) is 2. The Kier molecular flexibility index (Phi) is 6.17. The molecular formula is C21H22ClN3O5S. The first-order chi connectivity index (χ1) is 14.8. The van der Waals surface area contributed by atoms with E-state index in [2.05, 4.69) is 10.6 Å². The molecule has 2 aliphatic heterocycles. The van der Waals surface area contributed by atoms with E-state index in [1.807, 2.05) is 12.1 Å². The Morgan fingerprint density at radius 1 is 1.23 bits per heavy atom. The molecule has 8 nitrogen and oxygen atoms in total. The number of hydrogen-bond acceptors (Lipinski definition) is 5. The van der Waals surface area contributed by atoms with Gasteiger partial charge in [-0.2, -0.15) is 4.31 Å². The van der Waals surface area contributed by atoms with Crippen LogP contribution in [-0.2, 0) is 26.2 Å². The number of anilines is 1. The van der Waals surface area contributed by atoms with E-state index in [0.29, 0.717) is 42.4 Å². The number of rotatable bonds is 5. The minimum Gasteiger partial charge on any atom is -0.482 e. The largest absolute Gasteiger partial charge is 0.482 e. The van der Waals surface area contributed by atoms with Gasteiger partial charge in [0.2, 0.25) is 15.9 Å². The number of benzene rings is 2. The van der Waals surface area contributed by atoms with Gasteiger partial charge in [0.05, 0.1) is 16.5 Å². The summed E-state index contributed by atoms with van der Waals surface area (Å²) in [7, 11) is -3.82. The molecule has 2 heterocycles. The number of sulfonamides is 1. The van der Waals surface area contributed by atoms with E-state index in [1.54, 1.807) is 12.1 Å². The molecule has 31 heavy (non-hydrogen) atoms. The Morgan fingerprint density at radius 2 is 2.00 bits per heavy atom. The summed E-state index contributed by atoms with van der Waals surface area (Å²) < 4.78 is 32.9. The maximum Gasteiger partial charge on any atom is 0.262 e. The Bertz CT molecular complexity index is 1100. The Hall–Kier alpha value is -2.62. The van der Waals surface area contributed by atoms with Gasteiger partial charge in [0, 0.05) is 24.7 Å². The van der Waals surface area contributed by atoms with Crippen LogP contribution >= 0.6 is 11.6 Å². The average molecular weight is 464 g/mol. The Morgan fingerprint density at radius 3 is 2.77 bits per heavy atom. The minimum atomic E-state index is -3.82. The van der Waals surface area contributed by atoms with Crippen molar-refractivity contribution < 1.29 is 22.7 Å². The molecule has 1 atom stereocenters. The van der Waals surface area contributed by atoms with Crippen molar-refractivity contribution >= 4 is 39.1 Å². The molecule has 0 radical (unpaired) electrons. The molecule has 0 aromatic heterocycles. The predicted molar refractivity (Wildman–Crippen MR) is 115 cm³/mol. The normalized spacial score (nSPS) is 19.1. The molecule has 0 spiro atoms. The second-order valence-corrected chi connectivity index (χ2v) is 9.92. The number of nitrogens with one attached hydrogen (secondary N) is 2. The summed E-state index contributed by atoms with van der Waals surface area (Å²) in [5, 5.41) is 6.12. The van der Waals surface area contributed by atoms with Crippen LogP contribution in [0.15, 0.2) is 47.4 Å². The molecule has 0 unspecified atom stereocenters. The number of nitrogens with zero attached hydrogens (tertiary/aromatic N) is 1. The Balaban J connectivity index is 1.43. The highest BCUT2D eigenvalue weighted by molar-refractivity contribution is 7.89. The molecule has 0 aliphatic carbocycles. The van der Waals surface area contributed by atoms with Crippen LogP contribution in [0.5, 0.6) is 5.75 Å². The number of piperidine rings is 1. The first-order valence-corrected chi connectivity index (χ1v) is 11.7. The summed E-state index contributed by atoms with van der Waals surface area (Å²) in [6.07, 6.45) is 1.20. The van der Waals surface area contributed by atoms with Gasteiger partial charge in [-0.05, 0) is 48.7 Å². The van der Waals surface area contributed by atoms with Crippen molar-refractivity contribution in [3.63, 3.8) is 0 Å². The van der Waals surface area contributed by atoms with Gasteiger partial charge in [0.1, 0.15) is 5.75 Å². The fourth-order valence-corrected chi connectivity index (χ4v) is 5.36. The molecule has 1 saturated heterocycles. The first-order valence-electron chi connectivity index (χ1n) is 9.92. The summed E-state index contributed by atoms with van der Waals surface area (Å²) in [5.74, 6) is -0.522. The highest BCUT2D eigenvalue weighted by Gasteiger charge is 2.34. The zero-order valence-corrected chi connectivity index (χ0v) is 18.2. The van der Waals surface area contributed by atoms with Crippen molar-refractivity contribution in [2.75, 3.05) is 25.0 Å². The second kappa shape index (κ2) is 8.86. The Labute approximate surface area is 185 Å². The van der Waals surface area contributed by atoms with E-state index in [9.17, 15) is 18.0 Å².